The standard InChI is InChI=1S/C63H122O17P2/c1-6-9-12-15-17-19-20-21-22-23-24-25-26-27-28-30-32-39-44-49-63(68)80-59(53-74-61(66)47-42-37-34-33-36-40-45-56(4)5)55-78-82(71,72)76-51-57(64)50-75-81(69,70)77-54-58(52-73-60(65)46-41-35-14-11-8-3)79-62(67)48-43-38-31-29-18-16-13-10-7-2/h56-59,64H,6-55H2,1-5H3,(H,69,70)(H,71,72)/t57-,58+,59+/m0/s1. The number of hydrogen-bond donors (Lipinski definition) is 3. The lowest BCUT2D eigenvalue weighted by molar-refractivity contribution is -0.161. The maximum absolute atomic E-state index is 13.0. The van der Waals surface area contributed by atoms with Crippen molar-refractivity contribution in [3.8, 4) is 0 Å². The lowest BCUT2D eigenvalue weighted by Gasteiger charge is -2.21. The summed E-state index contributed by atoms with van der Waals surface area (Å²) in [5, 5.41) is 10.5. The summed E-state index contributed by atoms with van der Waals surface area (Å²) in [5.41, 5.74) is 0. The van der Waals surface area contributed by atoms with Gasteiger partial charge >= 0.3 is 39.5 Å². The smallest absolute Gasteiger partial charge is 0.462 e. The number of esters is 4. The predicted molar refractivity (Wildman–Crippen MR) is 326 cm³/mol. The zero-order chi connectivity index (χ0) is 60.6. The van der Waals surface area contributed by atoms with E-state index in [0.717, 1.165) is 103 Å². The van der Waals surface area contributed by atoms with Gasteiger partial charge in [0.1, 0.15) is 19.3 Å². The van der Waals surface area contributed by atoms with Crippen LogP contribution in [0.15, 0.2) is 0 Å². The summed E-state index contributed by atoms with van der Waals surface area (Å²) >= 11 is 0. The summed E-state index contributed by atoms with van der Waals surface area (Å²) in [6.45, 7) is 7.00. The SMILES string of the molecule is CCCCCCCCCCCCCCCCCCCCCC(=O)O[C@H](COC(=O)CCCCCCCCC(C)C)COP(=O)(O)OC[C@@H](O)COP(=O)(O)OC[C@@H](COC(=O)CCCCCCC)OC(=O)CCCCCCCCCCC. The number of ether oxygens (including phenoxy) is 4. The Morgan fingerprint density at radius 2 is 0.561 bits per heavy atom. The largest absolute Gasteiger partial charge is 0.472 e. The Bertz CT molecular complexity index is 1600. The van der Waals surface area contributed by atoms with Crippen LogP contribution in [-0.4, -0.2) is 96.7 Å². The number of phosphoric ester groups is 2. The van der Waals surface area contributed by atoms with Crippen molar-refractivity contribution in [2.45, 2.75) is 335 Å². The van der Waals surface area contributed by atoms with E-state index in [1.807, 2.05) is 0 Å². The van der Waals surface area contributed by atoms with Gasteiger partial charge in [-0.2, -0.15) is 0 Å². The number of aliphatic hydroxyl groups excluding tert-OH is 1. The second kappa shape index (κ2) is 56.8. The molecule has 5 atom stereocenters. The second-order valence-electron chi connectivity index (χ2n) is 23.3. The molecule has 486 valence electrons. The van der Waals surface area contributed by atoms with Crippen LogP contribution >= 0.6 is 15.6 Å². The molecule has 0 aliphatic heterocycles. The van der Waals surface area contributed by atoms with Crippen LogP contribution in [0, 0.1) is 5.92 Å². The number of carbonyl (C=O) groups excluding carboxylic acids is 4. The quantitative estimate of drug-likeness (QED) is 0.0222. The molecule has 0 amide bonds. The molecule has 0 bridgehead atoms. The summed E-state index contributed by atoms with van der Waals surface area (Å²) < 4.78 is 67.7. The molecular formula is C63H122O17P2. The van der Waals surface area contributed by atoms with Crippen LogP contribution in [0.3, 0.4) is 0 Å². The lowest BCUT2D eigenvalue weighted by Crippen LogP contribution is -2.30. The second-order valence-corrected chi connectivity index (χ2v) is 26.2. The minimum absolute atomic E-state index is 0.105. The Kier molecular flexibility index (Phi) is 55.5. The Labute approximate surface area is 498 Å². The molecule has 2 unspecified atom stereocenters. The van der Waals surface area contributed by atoms with Gasteiger partial charge in [0.05, 0.1) is 26.4 Å². The highest BCUT2D eigenvalue weighted by molar-refractivity contribution is 7.47. The van der Waals surface area contributed by atoms with Gasteiger partial charge in [0, 0.05) is 25.7 Å². The predicted octanol–water partition coefficient (Wildman–Crippen LogP) is 17.4. The molecule has 0 fully saturated rings. The topological polar surface area (TPSA) is 237 Å². The summed E-state index contributed by atoms with van der Waals surface area (Å²) in [4.78, 5) is 71.8. The monoisotopic (exact) mass is 1210 g/mol. The molecule has 0 saturated heterocycles. The fourth-order valence-electron chi connectivity index (χ4n) is 9.41. The van der Waals surface area contributed by atoms with E-state index in [1.165, 1.54) is 128 Å². The van der Waals surface area contributed by atoms with Crippen LogP contribution < -0.4 is 0 Å². The molecule has 3 N–H and O–H groups in total. The summed E-state index contributed by atoms with van der Waals surface area (Å²) in [6, 6.07) is 0. The van der Waals surface area contributed by atoms with Crippen molar-refractivity contribution in [1.82, 2.24) is 0 Å². The molecule has 0 spiro atoms. The third kappa shape index (κ3) is 57.2. The Balaban J connectivity index is 5.09. The van der Waals surface area contributed by atoms with E-state index >= 15 is 0 Å². The molecule has 82 heavy (non-hydrogen) atoms. The van der Waals surface area contributed by atoms with Crippen LogP contribution in [0.5, 0.6) is 0 Å². The molecule has 0 radical (unpaired) electrons. The van der Waals surface area contributed by atoms with Crippen molar-refractivity contribution in [2.75, 3.05) is 39.6 Å². The molecule has 0 aromatic rings. The van der Waals surface area contributed by atoms with Gasteiger partial charge < -0.3 is 33.8 Å². The van der Waals surface area contributed by atoms with Crippen molar-refractivity contribution in [2.24, 2.45) is 5.92 Å². The first-order valence-corrected chi connectivity index (χ1v) is 36.1. The highest BCUT2D eigenvalue weighted by Crippen LogP contribution is 2.45. The van der Waals surface area contributed by atoms with Crippen molar-refractivity contribution in [3.05, 3.63) is 0 Å². The zero-order valence-electron chi connectivity index (χ0n) is 52.6. The Morgan fingerprint density at radius 1 is 0.329 bits per heavy atom. The molecule has 17 nitrogen and oxygen atoms in total. The molecule has 0 rings (SSSR count). The number of carbonyl (C=O) groups is 4. The van der Waals surface area contributed by atoms with Gasteiger partial charge in [-0.25, -0.2) is 9.13 Å². The first-order valence-electron chi connectivity index (χ1n) is 33.1. The normalized spacial score (nSPS) is 14.3. The third-order valence-electron chi connectivity index (χ3n) is 14.5. The fourth-order valence-corrected chi connectivity index (χ4v) is 11.0. The van der Waals surface area contributed by atoms with E-state index in [0.29, 0.717) is 31.6 Å². The number of unbranched alkanes of at least 4 members (excludes halogenated alkanes) is 35. The minimum Gasteiger partial charge on any atom is -0.462 e. The van der Waals surface area contributed by atoms with Crippen molar-refractivity contribution >= 4 is 39.5 Å². The Morgan fingerprint density at radius 3 is 0.829 bits per heavy atom. The summed E-state index contributed by atoms with van der Waals surface area (Å²) in [5.74, 6) is -1.47. The third-order valence-corrected chi connectivity index (χ3v) is 16.4. The van der Waals surface area contributed by atoms with Crippen LogP contribution in [-0.2, 0) is 65.4 Å². The number of phosphoric acid groups is 2. The van der Waals surface area contributed by atoms with Gasteiger partial charge in [-0.05, 0) is 31.6 Å². The number of rotatable bonds is 63. The number of aliphatic hydroxyl groups is 1. The fraction of sp³-hybridized carbons (Fsp3) is 0.937. The van der Waals surface area contributed by atoms with E-state index in [1.54, 1.807) is 0 Å². The van der Waals surface area contributed by atoms with E-state index in [9.17, 15) is 43.2 Å². The van der Waals surface area contributed by atoms with Gasteiger partial charge in [0.15, 0.2) is 12.2 Å². The van der Waals surface area contributed by atoms with Gasteiger partial charge in [-0.15, -0.1) is 0 Å². The lowest BCUT2D eigenvalue weighted by atomic mass is 10.0. The van der Waals surface area contributed by atoms with Gasteiger partial charge in [0.25, 0.3) is 0 Å². The maximum Gasteiger partial charge on any atom is 0.472 e. The average Bonchev–Trinajstić information content (AvgIpc) is 3.46. The number of hydrogen-bond acceptors (Lipinski definition) is 15. The molecule has 0 aromatic carbocycles. The highest BCUT2D eigenvalue weighted by Gasteiger charge is 2.30. The first kappa shape index (κ1) is 80.1. The van der Waals surface area contributed by atoms with Crippen LogP contribution in [0.4, 0.5) is 0 Å². The van der Waals surface area contributed by atoms with E-state index < -0.39 is 97.5 Å². The summed E-state index contributed by atoms with van der Waals surface area (Å²) in [6.07, 6.45) is 41.0. The minimum atomic E-state index is -4.94. The van der Waals surface area contributed by atoms with E-state index in [-0.39, 0.29) is 25.7 Å². The highest BCUT2D eigenvalue weighted by atomic mass is 31.2. The van der Waals surface area contributed by atoms with Crippen LogP contribution in [0.25, 0.3) is 0 Å². The van der Waals surface area contributed by atoms with E-state index in [4.69, 9.17) is 37.0 Å². The molecule has 0 aliphatic rings. The maximum atomic E-state index is 13.0. The van der Waals surface area contributed by atoms with Crippen molar-refractivity contribution in [1.29, 1.82) is 0 Å². The van der Waals surface area contributed by atoms with Crippen molar-refractivity contribution < 1.29 is 80.2 Å². The molecule has 19 heteroatoms. The molecule has 0 aliphatic carbocycles. The van der Waals surface area contributed by atoms with Gasteiger partial charge in [-0.1, -0.05) is 266 Å². The van der Waals surface area contributed by atoms with Gasteiger partial charge in [0.2, 0.25) is 0 Å². The first-order chi connectivity index (χ1) is 39.5. The van der Waals surface area contributed by atoms with Gasteiger partial charge in [-0.3, -0.25) is 37.3 Å². The van der Waals surface area contributed by atoms with Crippen molar-refractivity contribution in [3.63, 3.8) is 0 Å². The molecule has 0 heterocycles. The van der Waals surface area contributed by atoms with Crippen LogP contribution in [0.1, 0.15) is 317 Å². The van der Waals surface area contributed by atoms with E-state index in [2.05, 4.69) is 34.6 Å². The summed E-state index contributed by atoms with van der Waals surface area (Å²) in [7, 11) is -9.87. The molecular weight excluding hydrogens is 1090 g/mol. The van der Waals surface area contributed by atoms with Crippen LogP contribution in [0.2, 0.25) is 0 Å². The molecule has 0 saturated carbocycles. The Hall–Kier alpha value is -1.94. The molecule has 0 aromatic heterocycles. The average molecular weight is 1210 g/mol. The zero-order valence-corrected chi connectivity index (χ0v) is 54.4.